The van der Waals surface area contributed by atoms with Crippen LogP contribution in [0, 0.1) is 0 Å². The highest BCUT2D eigenvalue weighted by Crippen LogP contribution is 2.24. The van der Waals surface area contributed by atoms with E-state index in [1.807, 2.05) is 0 Å². The lowest BCUT2D eigenvalue weighted by Crippen LogP contribution is -2.59. The van der Waals surface area contributed by atoms with Gasteiger partial charge in [0.1, 0.15) is 30.5 Å². The van der Waals surface area contributed by atoms with Gasteiger partial charge >= 0.3 is 5.97 Å². The Bertz CT molecular complexity index is 476. The van der Waals surface area contributed by atoms with Crippen LogP contribution in [0.2, 0.25) is 0 Å². The smallest absolute Gasteiger partial charge is 0.377 e. The molecule has 7 N–H and O–H groups in total. The number of aliphatic hydroxyl groups excluding tert-OH is 7. The lowest BCUT2D eigenvalue weighted by molar-refractivity contribution is -0.305. The van der Waals surface area contributed by atoms with Gasteiger partial charge in [-0.05, 0) is 0 Å². The zero-order valence-corrected chi connectivity index (χ0v) is 11.7. The summed E-state index contributed by atoms with van der Waals surface area (Å²) in [6.45, 7) is -1.26. The first-order chi connectivity index (χ1) is 10.8. The number of hydrogen-bond acceptors (Lipinski definition) is 11. The second kappa shape index (κ2) is 6.97. The summed E-state index contributed by atoms with van der Waals surface area (Å²) in [6.07, 6.45) is -10.7. The van der Waals surface area contributed by atoms with Gasteiger partial charge in [0, 0.05) is 0 Å². The summed E-state index contributed by atoms with van der Waals surface area (Å²) in [4.78, 5) is 11.0. The summed E-state index contributed by atoms with van der Waals surface area (Å²) in [5, 5.41) is 66.3. The second-order valence-corrected chi connectivity index (χ2v) is 5.16. The lowest BCUT2D eigenvalue weighted by atomic mass is 9.99. The molecular formula is C12H18O11. The molecule has 2 aliphatic rings. The molecular weight excluding hydrogens is 320 g/mol. The molecule has 11 nitrogen and oxygen atoms in total. The predicted octanol–water partition coefficient (Wildman–Crippen LogP) is -3.58. The van der Waals surface area contributed by atoms with Gasteiger partial charge in [0.25, 0.3) is 0 Å². The molecule has 0 aromatic heterocycles. The maximum atomic E-state index is 11.0. The van der Waals surface area contributed by atoms with Gasteiger partial charge in [0.05, 0.1) is 13.2 Å². The minimum absolute atomic E-state index is 0.613. The van der Waals surface area contributed by atoms with Gasteiger partial charge in [-0.2, -0.15) is 0 Å². The third kappa shape index (κ3) is 3.40. The molecule has 0 saturated carbocycles. The van der Waals surface area contributed by atoms with E-state index in [1.165, 1.54) is 0 Å². The average Bonchev–Trinajstić information content (AvgIpc) is 2.79. The van der Waals surface area contributed by atoms with E-state index in [-0.39, 0.29) is 0 Å². The fourth-order valence-corrected chi connectivity index (χ4v) is 2.21. The molecule has 11 heteroatoms. The van der Waals surface area contributed by atoms with Gasteiger partial charge in [0.2, 0.25) is 5.76 Å². The molecule has 0 radical (unpaired) electrons. The van der Waals surface area contributed by atoms with Crippen LogP contribution in [0.1, 0.15) is 0 Å². The van der Waals surface area contributed by atoms with E-state index in [0.717, 1.165) is 0 Å². The summed E-state index contributed by atoms with van der Waals surface area (Å²) in [5.74, 6) is -3.10. The van der Waals surface area contributed by atoms with E-state index >= 15 is 0 Å². The highest BCUT2D eigenvalue weighted by molar-refractivity contribution is 5.89. The van der Waals surface area contributed by atoms with Crippen LogP contribution in [-0.4, -0.2) is 97.8 Å². The van der Waals surface area contributed by atoms with E-state index in [2.05, 4.69) is 4.74 Å². The number of aliphatic hydroxyl groups is 7. The summed E-state index contributed by atoms with van der Waals surface area (Å²) in [7, 11) is 0. The van der Waals surface area contributed by atoms with Crippen molar-refractivity contribution in [3.63, 3.8) is 0 Å². The van der Waals surface area contributed by atoms with Crippen LogP contribution in [0.25, 0.3) is 0 Å². The number of carbonyl (C=O) groups is 1. The third-order valence-electron chi connectivity index (χ3n) is 3.57. The van der Waals surface area contributed by atoms with Crippen molar-refractivity contribution >= 4 is 5.97 Å². The van der Waals surface area contributed by atoms with E-state index in [1.54, 1.807) is 0 Å². The van der Waals surface area contributed by atoms with Gasteiger partial charge in [-0.25, -0.2) is 4.79 Å². The van der Waals surface area contributed by atoms with Crippen LogP contribution < -0.4 is 0 Å². The average molecular weight is 338 g/mol. The van der Waals surface area contributed by atoms with Gasteiger partial charge < -0.3 is 50.0 Å². The number of rotatable bonds is 5. The Hall–Kier alpha value is -1.47. The molecule has 0 aromatic carbocycles. The summed E-state index contributed by atoms with van der Waals surface area (Å²) < 4.78 is 14.6. The first-order valence-corrected chi connectivity index (χ1v) is 6.71. The molecule has 0 aliphatic carbocycles. The maximum Gasteiger partial charge on any atom is 0.377 e. The van der Waals surface area contributed by atoms with Gasteiger partial charge in [0.15, 0.2) is 18.2 Å². The Morgan fingerprint density at radius 2 is 1.78 bits per heavy atom. The molecule has 7 atom stereocenters. The van der Waals surface area contributed by atoms with Gasteiger partial charge in [-0.15, -0.1) is 0 Å². The molecule has 23 heavy (non-hydrogen) atoms. The zero-order valence-electron chi connectivity index (χ0n) is 11.7. The molecule has 2 aliphatic heterocycles. The standard InChI is InChI=1S/C12H18O11/c13-1-4-5(15)6(16)9(19)12(22-4)21-2-3(14)10-7(17)8(18)11(20)23-10/h3-6,9-10,12-19H,1-2H2/t3-,4+,5-,6-,9+,10+,12+/m0/s1. The van der Waals surface area contributed by atoms with E-state index < -0.39 is 73.6 Å². The van der Waals surface area contributed by atoms with Crippen molar-refractivity contribution in [2.75, 3.05) is 13.2 Å². The van der Waals surface area contributed by atoms with E-state index in [4.69, 9.17) is 19.7 Å². The Balaban J connectivity index is 1.94. The number of hydrogen-bond donors (Lipinski definition) is 7. The number of esters is 1. The van der Waals surface area contributed by atoms with Crippen molar-refractivity contribution in [3.8, 4) is 0 Å². The van der Waals surface area contributed by atoms with E-state index in [9.17, 15) is 30.3 Å². The molecule has 132 valence electrons. The van der Waals surface area contributed by atoms with Crippen LogP contribution in [0.5, 0.6) is 0 Å². The second-order valence-electron chi connectivity index (χ2n) is 5.16. The largest absolute Gasteiger partial charge is 0.505 e. The molecule has 2 rings (SSSR count). The van der Waals surface area contributed by atoms with Gasteiger partial charge in [-0.1, -0.05) is 0 Å². The highest BCUT2D eigenvalue weighted by atomic mass is 16.7. The third-order valence-corrected chi connectivity index (χ3v) is 3.57. The predicted molar refractivity (Wildman–Crippen MR) is 67.9 cm³/mol. The molecule has 1 saturated heterocycles. The van der Waals surface area contributed by atoms with Crippen LogP contribution in [0.4, 0.5) is 0 Å². The lowest BCUT2D eigenvalue weighted by Gasteiger charge is -2.39. The number of cyclic esters (lactones) is 1. The quantitative estimate of drug-likeness (QED) is 0.246. The van der Waals surface area contributed by atoms with Crippen molar-refractivity contribution in [1.29, 1.82) is 0 Å². The summed E-state index contributed by atoms with van der Waals surface area (Å²) >= 11 is 0. The minimum Gasteiger partial charge on any atom is -0.505 e. The molecule has 0 spiro atoms. The molecule has 0 aromatic rings. The Kier molecular flexibility index (Phi) is 5.41. The Morgan fingerprint density at radius 1 is 1.13 bits per heavy atom. The van der Waals surface area contributed by atoms with Crippen LogP contribution in [-0.2, 0) is 19.0 Å². The van der Waals surface area contributed by atoms with Crippen molar-refractivity contribution in [2.45, 2.75) is 42.9 Å². The molecule has 2 heterocycles. The molecule has 0 bridgehead atoms. The molecule has 0 amide bonds. The van der Waals surface area contributed by atoms with Crippen LogP contribution in [0.15, 0.2) is 11.5 Å². The Labute approximate surface area is 129 Å². The van der Waals surface area contributed by atoms with Crippen molar-refractivity contribution < 1.29 is 54.8 Å². The highest BCUT2D eigenvalue weighted by Gasteiger charge is 2.45. The summed E-state index contributed by atoms with van der Waals surface area (Å²) in [5.41, 5.74) is 0. The first-order valence-electron chi connectivity index (χ1n) is 6.71. The fourth-order valence-electron chi connectivity index (χ4n) is 2.21. The van der Waals surface area contributed by atoms with Gasteiger partial charge in [-0.3, -0.25) is 0 Å². The van der Waals surface area contributed by atoms with Crippen LogP contribution in [0.3, 0.4) is 0 Å². The SMILES string of the molecule is O=C1O[C@H]([C@@H](O)CO[C@@H]2O[C@H](CO)[C@H](O)[C@H](O)[C@H]2O)C(O)=C1O. The number of ether oxygens (including phenoxy) is 3. The summed E-state index contributed by atoms with van der Waals surface area (Å²) in [6, 6.07) is 0. The maximum absolute atomic E-state index is 11.0. The van der Waals surface area contributed by atoms with Crippen molar-refractivity contribution in [2.24, 2.45) is 0 Å². The van der Waals surface area contributed by atoms with Crippen molar-refractivity contribution in [3.05, 3.63) is 11.5 Å². The fraction of sp³-hybridized carbons (Fsp3) is 0.750. The zero-order chi connectivity index (χ0) is 17.3. The normalized spacial score (nSPS) is 39.4. The Morgan fingerprint density at radius 3 is 2.30 bits per heavy atom. The minimum atomic E-state index is -1.66. The topological polar surface area (TPSA) is 186 Å². The number of carbonyl (C=O) groups excluding carboxylic acids is 1. The van der Waals surface area contributed by atoms with Crippen LogP contribution >= 0.6 is 0 Å². The molecule has 1 fully saturated rings. The monoisotopic (exact) mass is 338 g/mol. The van der Waals surface area contributed by atoms with Crippen molar-refractivity contribution in [1.82, 2.24) is 0 Å². The molecule has 0 unspecified atom stereocenters. The van der Waals surface area contributed by atoms with E-state index in [0.29, 0.717) is 0 Å². The first kappa shape index (κ1) is 17.9.